The van der Waals surface area contributed by atoms with E-state index in [1.54, 1.807) is 13.0 Å². The minimum atomic E-state index is -4.85. The normalized spacial score (nSPS) is 18.4. The van der Waals surface area contributed by atoms with Crippen LogP contribution in [-0.4, -0.2) is 37.2 Å². The van der Waals surface area contributed by atoms with Gasteiger partial charge in [0.05, 0.1) is 7.11 Å². The minimum absolute atomic E-state index is 0.00694. The second-order valence-corrected chi connectivity index (χ2v) is 5.46. The minimum Gasteiger partial charge on any atom is -0.497 e. The molecule has 0 fully saturated rings. The summed E-state index contributed by atoms with van der Waals surface area (Å²) in [4.78, 5) is 12.4. The molecule has 3 nitrogen and oxygen atoms in total. The van der Waals surface area contributed by atoms with Crippen LogP contribution < -0.4 is 4.74 Å². The van der Waals surface area contributed by atoms with Gasteiger partial charge in [-0.2, -0.15) is 13.2 Å². The summed E-state index contributed by atoms with van der Waals surface area (Å²) in [6, 6.07) is 5.43. The molecular weight excluding hydrogens is 295 g/mol. The second kappa shape index (κ2) is 6.02. The summed E-state index contributed by atoms with van der Waals surface area (Å²) in [6.45, 7) is 5.65. The van der Waals surface area contributed by atoms with Crippen molar-refractivity contribution >= 4 is 5.91 Å². The molecule has 1 aromatic carbocycles. The van der Waals surface area contributed by atoms with E-state index in [1.807, 2.05) is 12.1 Å². The van der Waals surface area contributed by atoms with Crippen LogP contribution in [0.5, 0.6) is 5.75 Å². The van der Waals surface area contributed by atoms with E-state index in [0.717, 1.165) is 21.6 Å². The van der Waals surface area contributed by atoms with E-state index in [4.69, 9.17) is 4.74 Å². The van der Waals surface area contributed by atoms with Gasteiger partial charge in [-0.25, -0.2) is 0 Å². The predicted octanol–water partition coefficient (Wildman–Crippen LogP) is 3.30. The van der Waals surface area contributed by atoms with Crippen LogP contribution in [0.1, 0.15) is 24.0 Å². The Hall–Kier alpha value is -1.98. The molecular formula is C16H18F3NO2. The maximum Gasteiger partial charge on any atom is 0.471 e. The van der Waals surface area contributed by atoms with E-state index in [2.05, 4.69) is 6.58 Å². The van der Waals surface area contributed by atoms with Crippen molar-refractivity contribution in [3.8, 4) is 5.75 Å². The van der Waals surface area contributed by atoms with Crippen molar-refractivity contribution in [2.45, 2.75) is 25.4 Å². The lowest BCUT2D eigenvalue weighted by molar-refractivity contribution is -0.185. The number of rotatable bonds is 2. The average Bonchev–Trinajstić information content (AvgIpc) is 2.64. The summed E-state index contributed by atoms with van der Waals surface area (Å²) < 4.78 is 43.3. The van der Waals surface area contributed by atoms with Crippen molar-refractivity contribution < 1.29 is 22.7 Å². The molecule has 1 atom stereocenters. The van der Waals surface area contributed by atoms with Gasteiger partial charge in [0.25, 0.3) is 0 Å². The summed E-state index contributed by atoms with van der Waals surface area (Å²) in [7, 11) is 1.54. The van der Waals surface area contributed by atoms with Crippen molar-refractivity contribution in [2.75, 3.05) is 20.2 Å². The molecule has 0 N–H and O–H groups in total. The molecule has 1 unspecified atom stereocenters. The van der Waals surface area contributed by atoms with Crippen LogP contribution in [0.2, 0.25) is 0 Å². The SMILES string of the molecule is C=C(C)C1CN(C(=O)C(F)(F)F)CCc2cc(OC)ccc21. The lowest BCUT2D eigenvalue weighted by Gasteiger charge is -2.26. The summed E-state index contributed by atoms with van der Waals surface area (Å²) >= 11 is 0. The van der Waals surface area contributed by atoms with Gasteiger partial charge in [0.15, 0.2) is 0 Å². The number of ether oxygens (including phenoxy) is 1. The summed E-state index contributed by atoms with van der Waals surface area (Å²) in [6.07, 6.45) is -4.49. The molecule has 1 aliphatic heterocycles. The summed E-state index contributed by atoms with van der Waals surface area (Å²) in [5.74, 6) is -1.46. The molecule has 1 aromatic rings. The average molecular weight is 313 g/mol. The molecule has 1 aliphatic rings. The number of fused-ring (bicyclic) bond motifs is 1. The largest absolute Gasteiger partial charge is 0.497 e. The Labute approximate surface area is 127 Å². The van der Waals surface area contributed by atoms with Gasteiger partial charge in [0, 0.05) is 19.0 Å². The first-order valence-electron chi connectivity index (χ1n) is 6.92. The predicted molar refractivity (Wildman–Crippen MR) is 76.9 cm³/mol. The van der Waals surface area contributed by atoms with Crippen molar-refractivity contribution in [3.63, 3.8) is 0 Å². The highest BCUT2D eigenvalue weighted by Gasteiger charge is 2.43. The lowest BCUT2D eigenvalue weighted by atomic mass is 9.89. The quantitative estimate of drug-likeness (QED) is 0.784. The molecule has 120 valence electrons. The van der Waals surface area contributed by atoms with E-state index in [-0.39, 0.29) is 19.0 Å². The Morgan fingerprint density at radius 2 is 2.09 bits per heavy atom. The summed E-state index contributed by atoms with van der Waals surface area (Å²) in [5, 5.41) is 0. The van der Waals surface area contributed by atoms with Crippen LogP contribution in [-0.2, 0) is 11.2 Å². The molecule has 1 heterocycles. The number of hydrogen-bond acceptors (Lipinski definition) is 2. The molecule has 2 rings (SSSR count). The van der Waals surface area contributed by atoms with Gasteiger partial charge in [-0.3, -0.25) is 4.79 Å². The number of methoxy groups -OCH3 is 1. The Morgan fingerprint density at radius 3 is 2.64 bits per heavy atom. The van der Waals surface area contributed by atoms with Crippen molar-refractivity contribution in [1.29, 1.82) is 0 Å². The van der Waals surface area contributed by atoms with Crippen LogP contribution in [0.15, 0.2) is 30.4 Å². The van der Waals surface area contributed by atoms with Gasteiger partial charge < -0.3 is 9.64 Å². The van der Waals surface area contributed by atoms with Gasteiger partial charge in [-0.1, -0.05) is 18.2 Å². The zero-order valence-electron chi connectivity index (χ0n) is 12.5. The Bertz CT molecular complexity index is 596. The third-order valence-electron chi connectivity index (χ3n) is 3.90. The van der Waals surface area contributed by atoms with Crippen LogP contribution in [0.3, 0.4) is 0 Å². The van der Waals surface area contributed by atoms with Gasteiger partial charge in [0.2, 0.25) is 0 Å². The van der Waals surface area contributed by atoms with Crippen LogP contribution in [0, 0.1) is 0 Å². The van der Waals surface area contributed by atoms with Gasteiger partial charge in [0.1, 0.15) is 5.75 Å². The molecule has 0 spiro atoms. The first kappa shape index (κ1) is 16.4. The standard InChI is InChI=1S/C16H18F3NO2/c1-10(2)14-9-20(15(21)16(17,18)19)7-6-11-8-12(22-3)4-5-13(11)14/h4-5,8,14H,1,6-7,9H2,2-3H3. The summed E-state index contributed by atoms with van der Waals surface area (Å²) in [5.41, 5.74) is 2.53. The van der Waals surface area contributed by atoms with Crippen LogP contribution in [0.4, 0.5) is 13.2 Å². The number of halogens is 3. The number of amides is 1. The molecule has 0 saturated heterocycles. The number of hydrogen-bond donors (Lipinski definition) is 0. The fourth-order valence-electron chi connectivity index (χ4n) is 2.72. The maximum absolute atomic E-state index is 12.7. The monoisotopic (exact) mass is 313 g/mol. The third kappa shape index (κ3) is 3.26. The van der Waals surface area contributed by atoms with Crippen LogP contribution in [0.25, 0.3) is 0 Å². The molecule has 1 amide bonds. The van der Waals surface area contributed by atoms with E-state index in [1.165, 1.54) is 7.11 Å². The molecule has 0 aromatic heterocycles. The Morgan fingerprint density at radius 1 is 1.41 bits per heavy atom. The topological polar surface area (TPSA) is 29.5 Å². The molecule has 0 bridgehead atoms. The molecule has 22 heavy (non-hydrogen) atoms. The smallest absolute Gasteiger partial charge is 0.471 e. The van der Waals surface area contributed by atoms with Crippen LogP contribution >= 0.6 is 0 Å². The maximum atomic E-state index is 12.7. The second-order valence-electron chi connectivity index (χ2n) is 5.46. The first-order valence-corrected chi connectivity index (χ1v) is 6.92. The Balaban J connectivity index is 2.38. The number of alkyl halides is 3. The van der Waals surface area contributed by atoms with E-state index < -0.39 is 12.1 Å². The van der Waals surface area contributed by atoms with Gasteiger partial charge in [-0.05, 0) is 36.6 Å². The Kier molecular flexibility index (Phi) is 4.49. The molecule has 0 saturated carbocycles. The number of carbonyl (C=O) groups excluding carboxylic acids is 1. The fraction of sp³-hybridized carbons (Fsp3) is 0.438. The highest BCUT2D eigenvalue weighted by molar-refractivity contribution is 5.82. The molecule has 0 aliphatic carbocycles. The highest BCUT2D eigenvalue weighted by Crippen LogP contribution is 2.33. The number of carbonyl (C=O) groups is 1. The van der Waals surface area contributed by atoms with Gasteiger partial charge in [-0.15, -0.1) is 0 Å². The van der Waals surface area contributed by atoms with E-state index >= 15 is 0 Å². The van der Waals surface area contributed by atoms with E-state index in [9.17, 15) is 18.0 Å². The molecule has 6 heteroatoms. The van der Waals surface area contributed by atoms with Crippen molar-refractivity contribution in [2.24, 2.45) is 0 Å². The van der Waals surface area contributed by atoms with E-state index in [0.29, 0.717) is 12.2 Å². The van der Waals surface area contributed by atoms with Crippen molar-refractivity contribution in [3.05, 3.63) is 41.5 Å². The first-order chi connectivity index (χ1) is 10.2. The highest BCUT2D eigenvalue weighted by atomic mass is 19.4. The molecule has 0 radical (unpaired) electrons. The van der Waals surface area contributed by atoms with Gasteiger partial charge >= 0.3 is 12.1 Å². The number of nitrogens with zero attached hydrogens (tertiary/aromatic N) is 1. The number of benzene rings is 1. The third-order valence-corrected chi connectivity index (χ3v) is 3.90. The zero-order valence-corrected chi connectivity index (χ0v) is 12.5. The fourth-order valence-corrected chi connectivity index (χ4v) is 2.72. The van der Waals surface area contributed by atoms with Crippen molar-refractivity contribution in [1.82, 2.24) is 4.90 Å². The lowest BCUT2D eigenvalue weighted by Crippen LogP contribution is -2.43. The zero-order chi connectivity index (χ0) is 16.5.